The number of morpholine rings is 1. The predicted molar refractivity (Wildman–Crippen MR) is 138 cm³/mol. The van der Waals surface area contributed by atoms with E-state index in [1.807, 2.05) is 29.2 Å². The van der Waals surface area contributed by atoms with E-state index in [4.69, 9.17) is 33.7 Å². The standard InChI is InChI=1S/C28H27Cl2FN2O3/c29-21-10-6-19(7-11-21)26-27(20-8-12-22(30)13-9-20)36-24(17-18-4-14-23(31)15-5-18)28(35)33(26)16-2-1-3-25(32)34/h4-15,24,26-27H,1-3,16-17H2,(H2,32,34)/t24-,26+,27-/m1/s1. The number of nitrogens with zero attached hydrogens (tertiary/aromatic N) is 1. The van der Waals surface area contributed by atoms with Crippen LogP contribution in [0.4, 0.5) is 4.39 Å². The van der Waals surface area contributed by atoms with Crippen LogP contribution in [-0.4, -0.2) is 29.4 Å². The van der Waals surface area contributed by atoms with Gasteiger partial charge < -0.3 is 15.4 Å². The number of amides is 2. The lowest BCUT2D eigenvalue weighted by atomic mass is 9.90. The molecule has 2 amide bonds. The van der Waals surface area contributed by atoms with Crippen LogP contribution in [0.25, 0.3) is 0 Å². The molecular weight excluding hydrogens is 502 g/mol. The number of hydrogen-bond acceptors (Lipinski definition) is 3. The van der Waals surface area contributed by atoms with Gasteiger partial charge in [-0.3, -0.25) is 9.59 Å². The molecule has 188 valence electrons. The first kappa shape index (κ1) is 26.1. The van der Waals surface area contributed by atoms with Crippen LogP contribution in [-0.2, 0) is 20.7 Å². The fourth-order valence-corrected chi connectivity index (χ4v) is 4.78. The minimum absolute atomic E-state index is 0.163. The summed E-state index contributed by atoms with van der Waals surface area (Å²) in [6.07, 6.45) is 0.480. The molecule has 3 aromatic rings. The molecule has 3 aromatic carbocycles. The summed E-state index contributed by atoms with van der Waals surface area (Å²) in [5, 5.41) is 1.19. The fraction of sp³-hybridized carbons (Fsp3) is 0.286. The van der Waals surface area contributed by atoms with E-state index < -0.39 is 18.2 Å². The topological polar surface area (TPSA) is 72.6 Å². The maximum absolute atomic E-state index is 13.8. The van der Waals surface area contributed by atoms with Gasteiger partial charge in [0.25, 0.3) is 5.91 Å². The van der Waals surface area contributed by atoms with E-state index in [-0.39, 0.29) is 24.1 Å². The maximum atomic E-state index is 13.8. The Labute approximate surface area is 219 Å². The minimum Gasteiger partial charge on any atom is -0.370 e. The number of carbonyl (C=O) groups excluding carboxylic acids is 2. The molecule has 0 spiro atoms. The second-order valence-electron chi connectivity index (χ2n) is 8.88. The summed E-state index contributed by atoms with van der Waals surface area (Å²) in [4.78, 5) is 26.9. The van der Waals surface area contributed by atoms with Crippen LogP contribution in [0.5, 0.6) is 0 Å². The van der Waals surface area contributed by atoms with Crippen molar-refractivity contribution < 1.29 is 18.7 Å². The van der Waals surface area contributed by atoms with E-state index in [1.165, 1.54) is 12.1 Å². The lowest BCUT2D eigenvalue weighted by molar-refractivity contribution is -0.174. The summed E-state index contributed by atoms with van der Waals surface area (Å²) in [6.45, 7) is 0.423. The first-order valence-electron chi connectivity index (χ1n) is 11.8. The van der Waals surface area contributed by atoms with Gasteiger partial charge in [-0.2, -0.15) is 0 Å². The lowest BCUT2D eigenvalue weighted by Crippen LogP contribution is -2.51. The molecule has 4 rings (SSSR count). The van der Waals surface area contributed by atoms with Gasteiger partial charge in [-0.1, -0.05) is 59.6 Å². The molecule has 1 heterocycles. The fourth-order valence-electron chi connectivity index (χ4n) is 4.52. The molecule has 0 aliphatic carbocycles. The molecule has 2 N–H and O–H groups in total. The summed E-state index contributed by atoms with van der Waals surface area (Å²) < 4.78 is 20.0. The van der Waals surface area contributed by atoms with E-state index in [1.54, 1.807) is 36.4 Å². The number of ether oxygens (including phenoxy) is 1. The summed E-state index contributed by atoms with van der Waals surface area (Å²) in [5.74, 6) is -0.873. The molecule has 3 atom stereocenters. The van der Waals surface area contributed by atoms with Gasteiger partial charge in [-0.25, -0.2) is 4.39 Å². The summed E-state index contributed by atoms with van der Waals surface area (Å²) in [6, 6.07) is 20.4. The van der Waals surface area contributed by atoms with Gasteiger partial charge in [0.15, 0.2) is 0 Å². The molecule has 1 aliphatic rings. The third-order valence-corrected chi connectivity index (χ3v) is 6.81. The molecule has 1 fully saturated rings. The summed E-state index contributed by atoms with van der Waals surface area (Å²) >= 11 is 12.3. The van der Waals surface area contributed by atoms with E-state index in [9.17, 15) is 14.0 Å². The largest absolute Gasteiger partial charge is 0.370 e. The molecule has 36 heavy (non-hydrogen) atoms. The van der Waals surface area contributed by atoms with Crippen LogP contribution in [0.15, 0.2) is 72.8 Å². The number of nitrogens with two attached hydrogens (primary N) is 1. The van der Waals surface area contributed by atoms with Crippen LogP contribution in [0.3, 0.4) is 0 Å². The number of halogens is 3. The minimum atomic E-state index is -0.768. The number of hydrogen-bond donors (Lipinski definition) is 1. The van der Waals surface area contributed by atoms with Crippen molar-refractivity contribution in [2.45, 2.75) is 43.9 Å². The van der Waals surface area contributed by atoms with Crippen molar-refractivity contribution in [1.82, 2.24) is 4.90 Å². The van der Waals surface area contributed by atoms with Gasteiger partial charge in [0.2, 0.25) is 5.91 Å². The Bertz CT molecular complexity index is 1190. The van der Waals surface area contributed by atoms with Crippen molar-refractivity contribution in [3.05, 3.63) is 105 Å². The number of primary amides is 1. The first-order chi connectivity index (χ1) is 17.3. The van der Waals surface area contributed by atoms with Crippen LogP contribution in [0.2, 0.25) is 10.0 Å². The Hall–Kier alpha value is -2.93. The van der Waals surface area contributed by atoms with Crippen molar-refractivity contribution in [3.8, 4) is 0 Å². The SMILES string of the molecule is NC(=O)CCCCN1C(=O)[C@@H](Cc2ccc(F)cc2)O[C@H](c2ccc(Cl)cc2)[C@@H]1c1ccc(Cl)cc1. The molecule has 1 aliphatic heterocycles. The Morgan fingerprint density at radius 3 is 2.06 bits per heavy atom. The summed E-state index contributed by atoms with van der Waals surface area (Å²) in [7, 11) is 0. The van der Waals surface area contributed by atoms with Crippen LogP contribution in [0, 0.1) is 5.82 Å². The van der Waals surface area contributed by atoms with E-state index in [0.717, 1.165) is 16.7 Å². The van der Waals surface area contributed by atoms with Gasteiger partial charge in [0.05, 0.1) is 6.04 Å². The summed E-state index contributed by atoms with van der Waals surface area (Å²) in [5.41, 5.74) is 7.86. The number of benzene rings is 3. The number of carbonyl (C=O) groups is 2. The highest BCUT2D eigenvalue weighted by Crippen LogP contribution is 2.43. The van der Waals surface area contributed by atoms with Crippen LogP contribution >= 0.6 is 23.2 Å². The molecule has 0 unspecified atom stereocenters. The van der Waals surface area contributed by atoms with Gasteiger partial charge in [0.1, 0.15) is 18.0 Å². The molecule has 1 saturated heterocycles. The zero-order chi connectivity index (χ0) is 25.7. The first-order valence-corrected chi connectivity index (χ1v) is 12.6. The van der Waals surface area contributed by atoms with E-state index >= 15 is 0 Å². The van der Waals surface area contributed by atoms with Gasteiger partial charge in [-0.15, -0.1) is 0 Å². The van der Waals surface area contributed by atoms with E-state index in [2.05, 4.69) is 0 Å². The van der Waals surface area contributed by atoms with Crippen molar-refractivity contribution >= 4 is 35.0 Å². The van der Waals surface area contributed by atoms with E-state index in [0.29, 0.717) is 35.9 Å². The molecule has 0 bridgehead atoms. The zero-order valence-corrected chi connectivity index (χ0v) is 21.1. The lowest BCUT2D eigenvalue weighted by Gasteiger charge is -2.45. The molecule has 5 nitrogen and oxygen atoms in total. The monoisotopic (exact) mass is 528 g/mol. The molecular formula is C28H27Cl2FN2O3. The van der Waals surface area contributed by atoms with Gasteiger partial charge in [-0.05, 0) is 65.9 Å². The second kappa shape index (κ2) is 11.9. The molecule has 0 aromatic heterocycles. The average Bonchev–Trinajstić information content (AvgIpc) is 2.86. The highest BCUT2D eigenvalue weighted by atomic mass is 35.5. The highest BCUT2D eigenvalue weighted by molar-refractivity contribution is 6.30. The van der Waals surface area contributed by atoms with Crippen molar-refractivity contribution in [2.75, 3.05) is 6.54 Å². The Morgan fingerprint density at radius 1 is 0.889 bits per heavy atom. The normalized spacial score (nSPS) is 19.9. The molecule has 0 saturated carbocycles. The van der Waals surface area contributed by atoms with Gasteiger partial charge >= 0.3 is 0 Å². The molecule has 8 heteroatoms. The Balaban J connectivity index is 1.71. The number of rotatable bonds is 9. The van der Waals surface area contributed by atoms with Crippen LogP contribution < -0.4 is 5.73 Å². The van der Waals surface area contributed by atoms with Crippen molar-refractivity contribution in [2.24, 2.45) is 5.73 Å². The highest BCUT2D eigenvalue weighted by Gasteiger charge is 2.43. The Kier molecular flexibility index (Phi) is 8.62. The third-order valence-electron chi connectivity index (χ3n) is 6.31. The average molecular weight is 529 g/mol. The number of unbranched alkanes of at least 4 members (excludes halogenated alkanes) is 1. The molecule has 0 radical (unpaired) electrons. The quantitative estimate of drug-likeness (QED) is 0.344. The van der Waals surface area contributed by atoms with Crippen molar-refractivity contribution in [1.29, 1.82) is 0 Å². The van der Waals surface area contributed by atoms with Crippen molar-refractivity contribution in [3.63, 3.8) is 0 Å². The third kappa shape index (κ3) is 6.44. The second-order valence-corrected chi connectivity index (χ2v) is 9.75. The van der Waals surface area contributed by atoms with Crippen LogP contribution in [0.1, 0.15) is 48.1 Å². The van der Waals surface area contributed by atoms with Gasteiger partial charge in [0, 0.05) is 29.4 Å². The maximum Gasteiger partial charge on any atom is 0.252 e. The predicted octanol–water partition coefficient (Wildman–Crippen LogP) is 6.04. The smallest absolute Gasteiger partial charge is 0.252 e. The Morgan fingerprint density at radius 2 is 1.47 bits per heavy atom. The zero-order valence-electron chi connectivity index (χ0n) is 19.6.